The van der Waals surface area contributed by atoms with Gasteiger partial charge in [-0.3, -0.25) is 4.79 Å². The van der Waals surface area contributed by atoms with Crippen LogP contribution in [0.4, 0.5) is 0 Å². The molecular weight excluding hydrogens is 316 g/mol. The van der Waals surface area contributed by atoms with Crippen LogP contribution in [-0.2, 0) is 11.3 Å². The lowest BCUT2D eigenvalue weighted by atomic mass is 10.1. The maximum absolute atomic E-state index is 12.1. The van der Waals surface area contributed by atoms with Crippen LogP contribution < -0.4 is 10.1 Å². The third kappa shape index (κ3) is 5.56. The molecule has 0 aliphatic rings. The summed E-state index contributed by atoms with van der Waals surface area (Å²) in [5.74, 6) is 0.490. The van der Waals surface area contributed by atoms with E-state index in [0.29, 0.717) is 6.54 Å². The van der Waals surface area contributed by atoms with Gasteiger partial charge >= 0.3 is 0 Å². The topological polar surface area (TPSA) is 82.3 Å². The Kier molecular flexibility index (Phi) is 6.38. The van der Waals surface area contributed by atoms with Crippen molar-refractivity contribution in [2.75, 3.05) is 7.11 Å². The molecule has 0 saturated heterocycles. The minimum absolute atomic E-state index is 0.0172. The number of carbonyl (C=O) groups excluding carboxylic acids is 1. The van der Waals surface area contributed by atoms with Gasteiger partial charge in [0.2, 0.25) is 0 Å². The number of nitrogens with zero attached hydrogens (tertiary/aromatic N) is 1. The Morgan fingerprint density at radius 1 is 1.20 bits per heavy atom. The number of benzene rings is 2. The summed E-state index contributed by atoms with van der Waals surface area (Å²) < 4.78 is 5.08. The highest BCUT2D eigenvalue weighted by Crippen LogP contribution is 2.12. The molecule has 0 aromatic heterocycles. The molecule has 2 rings (SSSR count). The third-order valence-corrected chi connectivity index (χ3v) is 3.42. The molecule has 0 saturated carbocycles. The monoisotopic (exact) mass is 334 g/mol. The maximum atomic E-state index is 12.1. The van der Waals surface area contributed by atoms with Crippen LogP contribution in [0.2, 0.25) is 0 Å². The van der Waals surface area contributed by atoms with E-state index >= 15 is 0 Å². The second-order valence-electron chi connectivity index (χ2n) is 5.17. The van der Waals surface area contributed by atoms with Crippen molar-refractivity contribution in [2.45, 2.75) is 6.54 Å². The summed E-state index contributed by atoms with van der Waals surface area (Å²) in [7, 11) is 1.59. The molecule has 0 radical (unpaired) electrons. The molecule has 0 aliphatic carbocycles. The molecule has 2 N–H and O–H groups in total. The van der Waals surface area contributed by atoms with Crippen molar-refractivity contribution >= 4 is 12.0 Å². The van der Waals surface area contributed by atoms with Gasteiger partial charge in [-0.1, -0.05) is 36.4 Å². The van der Waals surface area contributed by atoms with Crippen LogP contribution in [0.15, 0.2) is 66.3 Å². The van der Waals surface area contributed by atoms with Gasteiger partial charge in [-0.2, -0.15) is 5.26 Å². The van der Waals surface area contributed by atoms with E-state index in [2.05, 4.69) is 5.32 Å². The zero-order valence-electron chi connectivity index (χ0n) is 13.8. The average Bonchev–Trinajstić information content (AvgIpc) is 2.65. The molecule has 1 amide bonds. The number of aromatic hydroxyl groups is 1. The molecule has 0 atom stereocenters. The molecule has 126 valence electrons. The number of phenols is 1. The summed E-state index contributed by atoms with van der Waals surface area (Å²) in [5, 5.41) is 21.1. The summed E-state index contributed by atoms with van der Waals surface area (Å²) in [6.07, 6.45) is 4.82. The van der Waals surface area contributed by atoms with Crippen molar-refractivity contribution in [1.29, 1.82) is 5.26 Å². The largest absolute Gasteiger partial charge is 0.508 e. The summed E-state index contributed by atoms with van der Waals surface area (Å²) in [6.45, 7) is 0.323. The molecule has 0 unspecified atom stereocenters. The van der Waals surface area contributed by atoms with E-state index in [9.17, 15) is 9.90 Å². The van der Waals surface area contributed by atoms with Crippen molar-refractivity contribution in [2.24, 2.45) is 0 Å². The highest BCUT2D eigenvalue weighted by Gasteiger charge is 2.07. The molecule has 5 nitrogen and oxygen atoms in total. The van der Waals surface area contributed by atoms with E-state index in [1.54, 1.807) is 43.5 Å². The van der Waals surface area contributed by atoms with Crippen LogP contribution >= 0.6 is 0 Å². The number of hydrogen-bond acceptors (Lipinski definition) is 4. The predicted molar refractivity (Wildman–Crippen MR) is 95.7 cm³/mol. The summed E-state index contributed by atoms with van der Waals surface area (Å²) in [4.78, 5) is 12.1. The van der Waals surface area contributed by atoms with Crippen molar-refractivity contribution < 1.29 is 14.6 Å². The Morgan fingerprint density at radius 3 is 2.48 bits per heavy atom. The zero-order valence-corrected chi connectivity index (χ0v) is 13.8. The first-order chi connectivity index (χ1) is 12.1. The molecule has 2 aromatic carbocycles. The van der Waals surface area contributed by atoms with Crippen molar-refractivity contribution in [3.05, 3.63) is 77.4 Å². The first kappa shape index (κ1) is 17.8. The summed E-state index contributed by atoms with van der Waals surface area (Å²) >= 11 is 0. The SMILES string of the molecule is COc1ccc(CNC(=O)/C(C#N)=C/C=C/c2ccc(O)cc2)cc1. The Morgan fingerprint density at radius 2 is 1.88 bits per heavy atom. The summed E-state index contributed by atoms with van der Waals surface area (Å²) in [5.41, 5.74) is 1.78. The molecule has 5 heteroatoms. The Bertz CT molecular complexity index is 814. The first-order valence-corrected chi connectivity index (χ1v) is 7.61. The second-order valence-corrected chi connectivity index (χ2v) is 5.17. The van der Waals surface area contributed by atoms with Gasteiger partial charge in [0.05, 0.1) is 7.11 Å². The molecular formula is C20H18N2O3. The van der Waals surface area contributed by atoms with Crippen LogP contribution in [0.5, 0.6) is 11.5 Å². The van der Waals surface area contributed by atoms with E-state index in [0.717, 1.165) is 16.9 Å². The molecule has 0 heterocycles. The smallest absolute Gasteiger partial charge is 0.262 e. The molecule has 0 aliphatic heterocycles. The normalized spacial score (nSPS) is 11.1. The quantitative estimate of drug-likeness (QED) is 0.483. The highest BCUT2D eigenvalue weighted by atomic mass is 16.5. The van der Waals surface area contributed by atoms with Gasteiger partial charge in [-0.15, -0.1) is 0 Å². The number of nitrogens with one attached hydrogen (secondary N) is 1. The average molecular weight is 334 g/mol. The minimum atomic E-state index is -0.436. The molecule has 0 fully saturated rings. The Labute approximate surface area is 146 Å². The number of hydrogen-bond donors (Lipinski definition) is 2. The lowest BCUT2D eigenvalue weighted by Gasteiger charge is -2.05. The number of phenolic OH excluding ortho intramolecular Hbond substituents is 1. The fraction of sp³-hybridized carbons (Fsp3) is 0.100. The van der Waals surface area contributed by atoms with Gasteiger partial charge in [-0.25, -0.2) is 0 Å². The standard InChI is InChI=1S/C20H18N2O3/c1-25-19-11-7-16(8-12-19)14-22-20(24)17(13-21)4-2-3-15-5-9-18(23)10-6-15/h2-12,23H,14H2,1H3,(H,22,24)/b3-2+,17-4+. The van der Waals surface area contributed by atoms with Gasteiger partial charge in [0, 0.05) is 6.54 Å². The Hall–Kier alpha value is -3.52. The number of amides is 1. The number of nitriles is 1. The van der Waals surface area contributed by atoms with Crippen LogP contribution in [0.25, 0.3) is 6.08 Å². The summed E-state index contributed by atoms with van der Waals surface area (Å²) in [6, 6.07) is 15.8. The zero-order chi connectivity index (χ0) is 18.1. The van der Waals surface area contributed by atoms with E-state index in [4.69, 9.17) is 10.00 Å². The van der Waals surface area contributed by atoms with Crippen molar-refractivity contribution in [1.82, 2.24) is 5.32 Å². The van der Waals surface area contributed by atoms with Gasteiger partial charge in [0.15, 0.2) is 0 Å². The van der Waals surface area contributed by atoms with Crippen LogP contribution in [0.1, 0.15) is 11.1 Å². The van der Waals surface area contributed by atoms with E-state index in [1.807, 2.05) is 30.3 Å². The lowest BCUT2D eigenvalue weighted by molar-refractivity contribution is -0.117. The number of methoxy groups -OCH3 is 1. The van der Waals surface area contributed by atoms with Gasteiger partial charge in [0.25, 0.3) is 5.91 Å². The van der Waals surface area contributed by atoms with E-state index in [-0.39, 0.29) is 11.3 Å². The van der Waals surface area contributed by atoms with Crippen molar-refractivity contribution in [3.63, 3.8) is 0 Å². The van der Waals surface area contributed by atoms with Crippen molar-refractivity contribution in [3.8, 4) is 17.6 Å². The van der Waals surface area contributed by atoms with E-state index < -0.39 is 5.91 Å². The minimum Gasteiger partial charge on any atom is -0.508 e. The number of rotatable bonds is 6. The van der Waals surface area contributed by atoms with Crippen LogP contribution in [-0.4, -0.2) is 18.1 Å². The third-order valence-electron chi connectivity index (χ3n) is 3.42. The predicted octanol–water partition coefficient (Wildman–Crippen LogP) is 3.18. The van der Waals surface area contributed by atoms with E-state index in [1.165, 1.54) is 6.08 Å². The lowest BCUT2D eigenvalue weighted by Crippen LogP contribution is -2.23. The van der Waals surface area contributed by atoms with Crippen LogP contribution in [0, 0.1) is 11.3 Å². The molecule has 2 aromatic rings. The molecule has 0 spiro atoms. The number of ether oxygens (including phenoxy) is 1. The highest BCUT2D eigenvalue weighted by molar-refractivity contribution is 5.97. The number of allylic oxidation sites excluding steroid dienone is 2. The van der Waals surface area contributed by atoms with Gasteiger partial charge in [0.1, 0.15) is 23.1 Å². The maximum Gasteiger partial charge on any atom is 0.262 e. The molecule has 0 bridgehead atoms. The van der Waals surface area contributed by atoms with Gasteiger partial charge < -0.3 is 15.2 Å². The number of carbonyl (C=O) groups is 1. The molecule has 25 heavy (non-hydrogen) atoms. The van der Waals surface area contributed by atoms with Crippen LogP contribution in [0.3, 0.4) is 0 Å². The second kappa shape index (κ2) is 8.94. The first-order valence-electron chi connectivity index (χ1n) is 7.61. The van der Waals surface area contributed by atoms with Gasteiger partial charge in [-0.05, 0) is 41.5 Å². The Balaban J connectivity index is 1.95. The fourth-order valence-electron chi connectivity index (χ4n) is 2.03. The fourth-order valence-corrected chi connectivity index (χ4v) is 2.03.